The standard InChI is InChI=1S/C12H15N3/c1-15(12-5-6-14-9-12)11-4-2-3-10(7-11)8-13/h2-4,7,12,14H,5-6,9H2,1H3/t12-/m0/s1. The van der Waals surface area contributed by atoms with E-state index in [1.54, 1.807) is 0 Å². The van der Waals surface area contributed by atoms with E-state index in [1.807, 2.05) is 18.2 Å². The molecule has 0 aliphatic carbocycles. The van der Waals surface area contributed by atoms with Crippen molar-refractivity contribution in [3.63, 3.8) is 0 Å². The zero-order valence-corrected chi connectivity index (χ0v) is 8.90. The number of nitrogens with one attached hydrogen (secondary N) is 1. The lowest BCUT2D eigenvalue weighted by Gasteiger charge is -2.26. The molecule has 0 radical (unpaired) electrons. The Bertz CT molecular complexity index is 375. The van der Waals surface area contributed by atoms with E-state index in [2.05, 4.69) is 29.4 Å². The highest BCUT2D eigenvalue weighted by atomic mass is 15.2. The van der Waals surface area contributed by atoms with Crippen molar-refractivity contribution < 1.29 is 0 Å². The van der Waals surface area contributed by atoms with Gasteiger partial charge in [-0.25, -0.2) is 0 Å². The molecule has 0 bridgehead atoms. The van der Waals surface area contributed by atoms with Crippen molar-refractivity contribution >= 4 is 5.69 Å². The molecule has 1 aromatic carbocycles. The normalized spacial score (nSPS) is 19.9. The molecule has 0 amide bonds. The van der Waals surface area contributed by atoms with Crippen molar-refractivity contribution in [3.05, 3.63) is 29.8 Å². The summed E-state index contributed by atoms with van der Waals surface area (Å²) in [5.41, 5.74) is 1.85. The Morgan fingerprint density at radius 3 is 3.07 bits per heavy atom. The van der Waals surface area contributed by atoms with Crippen LogP contribution >= 0.6 is 0 Å². The number of likely N-dealkylation sites (N-methyl/N-ethyl adjacent to an activating group) is 1. The lowest BCUT2D eigenvalue weighted by molar-refractivity contribution is 0.685. The number of benzene rings is 1. The number of hydrogen-bond donors (Lipinski definition) is 1. The summed E-state index contributed by atoms with van der Waals surface area (Å²) in [4.78, 5) is 2.25. The van der Waals surface area contributed by atoms with Crippen LogP contribution in [0.1, 0.15) is 12.0 Å². The van der Waals surface area contributed by atoms with Gasteiger partial charge in [0.05, 0.1) is 11.6 Å². The van der Waals surface area contributed by atoms with Gasteiger partial charge in [-0.05, 0) is 31.2 Å². The van der Waals surface area contributed by atoms with Crippen LogP contribution in [0, 0.1) is 11.3 Å². The highest BCUT2D eigenvalue weighted by molar-refractivity contribution is 5.51. The van der Waals surface area contributed by atoms with E-state index in [1.165, 1.54) is 6.42 Å². The van der Waals surface area contributed by atoms with Crippen LogP contribution in [-0.2, 0) is 0 Å². The molecular formula is C12H15N3. The topological polar surface area (TPSA) is 39.1 Å². The van der Waals surface area contributed by atoms with Crippen LogP contribution in [-0.4, -0.2) is 26.2 Å². The monoisotopic (exact) mass is 201 g/mol. The van der Waals surface area contributed by atoms with Crippen LogP contribution in [0.15, 0.2) is 24.3 Å². The van der Waals surface area contributed by atoms with Gasteiger partial charge >= 0.3 is 0 Å². The smallest absolute Gasteiger partial charge is 0.0992 e. The Morgan fingerprint density at radius 1 is 1.53 bits per heavy atom. The summed E-state index contributed by atoms with van der Waals surface area (Å²) >= 11 is 0. The molecular weight excluding hydrogens is 186 g/mol. The third-order valence-electron chi connectivity index (χ3n) is 2.96. The number of anilines is 1. The molecule has 1 heterocycles. The van der Waals surface area contributed by atoms with Crippen LogP contribution in [0.5, 0.6) is 0 Å². The lowest BCUT2D eigenvalue weighted by atomic mass is 10.1. The van der Waals surface area contributed by atoms with Crippen molar-refractivity contribution in [1.82, 2.24) is 5.32 Å². The zero-order valence-electron chi connectivity index (χ0n) is 8.90. The average molecular weight is 201 g/mol. The molecule has 1 N–H and O–H groups in total. The van der Waals surface area contributed by atoms with Crippen LogP contribution < -0.4 is 10.2 Å². The van der Waals surface area contributed by atoms with E-state index in [9.17, 15) is 0 Å². The Balaban J connectivity index is 2.17. The first-order valence-electron chi connectivity index (χ1n) is 5.25. The maximum atomic E-state index is 8.83. The maximum absolute atomic E-state index is 8.83. The molecule has 1 atom stereocenters. The van der Waals surface area contributed by atoms with Crippen molar-refractivity contribution in [3.8, 4) is 6.07 Å². The van der Waals surface area contributed by atoms with E-state index in [0.717, 1.165) is 24.3 Å². The minimum Gasteiger partial charge on any atom is -0.370 e. The average Bonchev–Trinajstić information content (AvgIpc) is 2.81. The molecule has 1 saturated heterocycles. The molecule has 0 aromatic heterocycles. The minimum atomic E-state index is 0.555. The zero-order chi connectivity index (χ0) is 10.7. The Kier molecular flexibility index (Phi) is 2.89. The van der Waals surface area contributed by atoms with Crippen molar-refractivity contribution in [1.29, 1.82) is 5.26 Å². The van der Waals surface area contributed by atoms with Gasteiger partial charge in [-0.3, -0.25) is 0 Å². The van der Waals surface area contributed by atoms with Gasteiger partial charge in [0, 0.05) is 25.3 Å². The summed E-state index contributed by atoms with van der Waals surface area (Å²) in [6, 6.07) is 10.5. The van der Waals surface area contributed by atoms with Gasteiger partial charge < -0.3 is 10.2 Å². The third-order valence-corrected chi connectivity index (χ3v) is 2.96. The fourth-order valence-electron chi connectivity index (χ4n) is 1.98. The highest BCUT2D eigenvalue weighted by Gasteiger charge is 2.19. The third kappa shape index (κ3) is 2.11. The summed E-state index contributed by atoms with van der Waals surface area (Å²) in [6.07, 6.45) is 1.17. The Hall–Kier alpha value is -1.53. The van der Waals surface area contributed by atoms with E-state index >= 15 is 0 Å². The predicted molar refractivity (Wildman–Crippen MR) is 60.8 cm³/mol. The number of nitriles is 1. The first-order valence-corrected chi connectivity index (χ1v) is 5.25. The molecule has 0 unspecified atom stereocenters. The summed E-state index contributed by atoms with van der Waals surface area (Å²) in [7, 11) is 2.09. The maximum Gasteiger partial charge on any atom is 0.0992 e. The first-order chi connectivity index (χ1) is 7.31. The van der Waals surface area contributed by atoms with Gasteiger partial charge in [-0.2, -0.15) is 5.26 Å². The summed E-state index contributed by atoms with van der Waals surface area (Å²) < 4.78 is 0. The lowest BCUT2D eigenvalue weighted by Crippen LogP contribution is -2.33. The second-order valence-electron chi connectivity index (χ2n) is 3.92. The molecule has 2 rings (SSSR count). The van der Waals surface area contributed by atoms with Crippen molar-refractivity contribution in [2.45, 2.75) is 12.5 Å². The molecule has 3 heteroatoms. The van der Waals surface area contributed by atoms with Gasteiger partial charge in [-0.1, -0.05) is 6.07 Å². The van der Waals surface area contributed by atoms with E-state index < -0.39 is 0 Å². The molecule has 0 saturated carbocycles. The molecule has 1 aliphatic rings. The number of rotatable bonds is 2. The van der Waals surface area contributed by atoms with Crippen LogP contribution in [0.2, 0.25) is 0 Å². The van der Waals surface area contributed by atoms with Gasteiger partial charge in [0.15, 0.2) is 0 Å². The second-order valence-corrected chi connectivity index (χ2v) is 3.92. The van der Waals surface area contributed by atoms with Crippen molar-refractivity contribution in [2.75, 3.05) is 25.0 Å². The molecule has 1 aliphatic heterocycles. The van der Waals surface area contributed by atoms with Gasteiger partial charge in [0.25, 0.3) is 0 Å². The summed E-state index contributed by atoms with van der Waals surface area (Å²) in [5.74, 6) is 0. The van der Waals surface area contributed by atoms with E-state index in [4.69, 9.17) is 5.26 Å². The van der Waals surface area contributed by atoms with E-state index in [0.29, 0.717) is 6.04 Å². The predicted octanol–water partition coefficient (Wildman–Crippen LogP) is 1.36. The number of nitrogens with zero attached hydrogens (tertiary/aromatic N) is 2. The number of hydrogen-bond acceptors (Lipinski definition) is 3. The quantitative estimate of drug-likeness (QED) is 0.785. The van der Waals surface area contributed by atoms with Crippen LogP contribution in [0.4, 0.5) is 5.69 Å². The summed E-state index contributed by atoms with van der Waals surface area (Å²) in [6.45, 7) is 2.13. The fourth-order valence-corrected chi connectivity index (χ4v) is 1.98. The molecule has 0 spiro atoms. The molecule has 1 aromatic rings. The van der Waals surface area contributed by atoms with Crippen LogP contribution in [0.3, 0.4) is 0 Å². The molecule has 78 valence electrons. The fraction of sp³-hybridized carbons (Fsp3) is 0.417. The van der Waals surface area contributed by atoms with Crippen molar-refractivity contribution in [2.24, 2.45) is 0 Å². The highest BCUT2D eigenvalue weighted by Crippen LogP contribution is 2.19. The molecule has 3 nitrogen and oxygen atoms in total. The molecule has 15 heavy (non-hydrogen) atoms. The molecule has 1 fully saturated rings. The Morgan fingerprint density at radius 2 is 2.40 bits per heavy atom. The largest absolute Gasteiger partial charge is 0.370 e. The van der Waals surface area contributed by atoms with Crippen LogP contribution in [0.25, 0.3) is 0 Å². The van der Waals surface area contributed by atoms with Gasteiger partial charge in [-0.15, -0.1) is 0 Å². The second kappa shape index (κ2) is 4.33. The Labute approximate surface area is 90.3 Å². The van der Waals surface area contributed by atoms with Gasteiger partial charge in [0.1, 0.15) is 0 Å². The minimum absolute atomic E-state index is 0.555. The van der Waals surface area contributed by atoms with E-state index in [-0.39, 0.29) is 0 Å². The SMILES string of the molecule is CN(c1cccc(C#N)c1)[C@H]1CCNC1. The van der Waals surface area contributed by atoms with Gasteiger partial charge in [0.2, 0.25) is 0 Å². The first kappa shape index (κ1) is 10.0. The summed E-state index contributed by atoms with van der Waals surface area (Å²) in [5, 5.41) is 12.2.